The number of amides is 2. The molecule has 1 saturated carbocycles. The number of hydrogen-bond acceptors (Lipinski definition) is 6. The van der Waals surface area contributed by atoms with Crippen molar-refractivity contribution in [3.63, 3.8) is 0 Å². The molecule has 0 radical (unpaired) electrons. The minimum Gasteiger partial charge on any atom is -0.496 e. The summed E-state index contributed by atoms with van der Waals surface area (Å²) >= 11 is 0. The van der Waals surface area contributed by atoms with Crippen LogP contribution in [0.2, 0.25) is 0 Å². The van der Waals surface area contributed by atoms with E-state index in [1.54, 1.807) is 13.2 Å². The molecule has 2 amide bonds. The van der Waals surface area contributed by atoms with Crippen molar-refractivity contribution in [2.45, 2.75) is 51.6 Å². The molecule has 1 atom stereocenters. The molecule has 156 valence electrons. The van der Waals surface area contributed by atoms with Crippen LogP contribution in [-0.2, 0) is 25.5 Å². The molecule has 2 aliphatic rings. The predicted octanol–water partition coefficient (Wildman–Crippen LogP) is 2.80. The van der Waals surface area contributed by atoms with Crippen LogP contribution >= 0.6 is 0 Å². The first-order valence-corrected chi connectivity index (χ1v) is 10.0. The summed E-state index contributed by atoms with van der Waals surface area (Å²) in [6.45, 7) is 1.49. The summed E-state index contributed by atoms with van der Waals surface area (Å²) in [6, 6.07) is 3.71. The average molecular weight is 401 g/mol. The number of nitrogens with one attached hydrogen (secondary N) is 1. The maximum absolute atomic E-state index is 12.0. The van der Waals surface area contributed by atoms with Gasteiger partial charge in [0.2, 0.25) is 5.91 Å². The summed E-state index contributed by atoms with van der Waals surface area (Å²) in [5.41, 5.74) is 1.74. The number of esters is 1. The first kappa shape index (κ1) is 20.9. The Morgan fingerprint density at radius 3 is 2.69 bits per heavy atom. The maximum Gasteiger partial charge on any atom is 0.331 e. The highest BCUT2D eigenvalue weighted by Crippen LogP contribution is 2.35. The molecule has 7 nitrogen and oxygen atoms in total. The third-order valence-corrected chi connectivity index (χ3v) is 5.23. The van der Waals surface area contributed by atoms with Crippen LogP contribution in [-0.4, -0.2) is 37.6 Å². The standard InChI is InChI=1S/C22H27NO6/c1-14-10-17-12-18(27-2)16(11-19(17)29-14)8-9-21(25)28-13-20(24)23-22(26)15-6-4-3-5-7-15/h8-9,11-12,14-15H,3-7,10,13H2,1-2H3,(H,23,24,26)/b9-8+. The van der Waals surface area contributed by atoms with Gasteiger partial charge in [-0.3, -0.25) is 14.9 Å². The van der Waals surface area contributed by atoms with Gasteiger partial charge >= 0.3 is 5.97 Å². The van der Waals surface area contributed by atoms with Crippen LogP contribution < -0.4 is 14.8 Å². The summed E-state index contributed by atoms with van der Waals surface area (Å²) in [5.74, 6) is -0.297. The lowest BCUT2D eigenvalue weighted by atomic mass is 9.89. The van der Waals surface area contributed by atoms with E-state index in [0.717, 1.165) is 49.8 Å². The molecule has 1 aromatic rings. The van der Waals surface area contributed by atoms with Crippen LogP contribution in [0.5, 0.6) is 11.5 Å². The van der Waals surface area contributed by atoms with Gasteiger partial charge in [-0.2, -0.15) is 0 Å². The average Bonchev–Trinajstić information content (AvgIpc) is 3.09. The molecular formula is C22H27NO6. The van der Waals surface area contributed by atoms with Crippen LogP contribution in [0.3, 0.4) is 0 Å². The molecule has 0 bridgehead atoms. The number of fused-ring (bicyclic) bond motifs is 1. The topological polar surface area (TPSA) is 90.9 Å². The van der Waals surface area contributed by atoms with Gasteiger partial charge in [0.1, 0.15) is 17.6 Å². The zero-order valence-corrected chi connectivity index (χ0v) is 16.9. The number of imide groups is 1. The summed E-state index contributed by atoms with van der Waals surface area (Å²) < 4.78 is 16.0. The molecule has 1 fully saturated rings. The van der Waals surface area contributed by atoms with Crippen LogP contribution in [0.4, 0.5) is 0 Å². The van der Waals surface area contributed by atoms with E-state index in [4.69, 9.17) is 14.2 Å². The maximum atomic E-state index is 12.0. The molecule has 0 aromatic heterocycles. The van der Waals surface area contributed by atoms with Gasteiger partial charge in [-0.15, -0.1) is 0 Å². The first-order chi connectivity index (χ1) is 14.0. The quantitative estimate of drug-likeness (QED) is 0.582. The Balaban J connectivity index is 1.50. The van der Waals surface area contributed by atoms with Crippen LogP contribution in [0.25, 0.3) is 6.08 Å². The van der Waals surface area contributed by atoms with Crippen molar-refractivity contribution in [3.05, 3.63) is 29.3 Å². The van der Waals surface area contributed by atoms with Crippen molar-refractivity contribution in [3.8, 4) is 11.5 Å². The molecule has 0 spiro atoms. The molecular weight excluding hydrogens is 374 g/mol. The number of ether oxygens (including phenoxy) is 3. The second-order valence-electron chi connectivity index (χ2n) is 7.52. The lowest BCUT2D eigenvalue weighted by Gasteiger charge is -2.20. The van der Waals surface area contributed by atoms with Crippen molar-refractivity contribution >= 4 is 23.9 Å². The molecule has 1 N–H and O–H groups in total. The second-order valence-corrected chi connectivity index (χ2v) is 7.52. The van der Waals surface area contributed by atoms with E-state index >= 15 is 0 Å². The van der Waals surface area contributed by atoms with E-state index in [2.05, 4.69) is 5.32 Å². The highest BCUT2D eigenvalue weighted by atomic mass is 16.5. The molecule has 3 rings (SSSR count). The van der Waals surface area contributed by atoms with Gasteiger partial charge in [0, 0.05) is 29.5 Å². The fraction of sp³-hybridized carbons (Fsp3) is 0.500. The van der Waals surface area contributed by atoms with Gasteiger partial charge in [0.25, 0.3) is 5.91 Å². The lowest BCUT2D eigenvalue weighted by molar-refractivity contribution is -0.146. The largest absolute Gasteiger partial charge is 0.496 e. The van der Waals surface area contributed by atoms with Crippen LogP contribution in [0.1, 0.15) is 50.2 Å². The van der Waals surface area contributed by atoms with Crippen molar-refractivity contribution in [1.82, 2.24) is 5.32 Å². The molecule has 1 aromatic carbocycles. The number of benzene rings is 1. The van der Waals surface area contributed by atoms with E-state index < -0.39 is 18.5 Å². The fourth-order valence-electron chi connectivity index (χ4n) is 3.75. The molecule has 0 saturated heterocycles. The smallest absolute Gasteiger partial charge is 0.331 e. The van der Waals surface area contributed by atoms with E-state index in [0.29, 0.717) is 11.3 Å². The van der Waals surface area contributed by atoms with Crippen molar-refractivity contribution in [2.24, 2.45) is 5.92 Å². The minimum absolute atomic E-state index is 0.105. The normalized spacial score (nSPS) is 18.8. The van der Waals surface area contributed by atoms with Crippen molar-refractivity contribution < 1.29 is 28.6 Å². The predicted molar refractivity (Wildman–Crippen MR) is 107 cm³/mol. The summed E-state index contributed by atoms with van der Waals surface area (Å²) in [5, 5.41) is 2.31. The zero-order valence-electron chi connectivity index (χ0n) is 16.9. The van der Waals surface area contributed by atoms with Gasteiger partial charge in [0.05, 0.1) is 7.11 Å². The van der Waals surface area contributed by atoms with Gasteiger partial charge in [-0.25, -0.2) is 4.79 Å². The molecule has 29 heavy (non-hydrogen) atoms. The minimum atomic E-state index is -0.679. The van der Waals surface area contributed by atoms with Crippen molar-refractivity contribution in [1.29, 1.82) is 0 Å². The zero-order chi connectivity index (χ0) is 20.8. The van der Waals surface area contributed by atoms with Crippen molar-refractivity contribution in [2.75, 3.05) is 13.7 Å². The number of carbonyl (C=O) groups excluding carboxylic acids is 3. The Hall–Kier alpha value is -2.83. The number of hydrogen-bond donors (Lipinski definition) is 1. The number of carbonyl (C=O) groups is 3. The highest BCUT2D eigenvalue weighted by molar-refractivity contribution is 5.98. The monoisotopic (exact) mass is 401 g/mol. The van der Waals surface area contributed by atoms with Gasteiger partial charge in [-0.1, -0.05) is 19.3 Å². The lowest BCUT2D eigenvalue weighted by Crippen LogP contribution is -2.38. The van der Waals surface area contributed by atoms with Gasteiger partial charge < -0.3 is 14.2 Å². The third kappa shape index (κ3) is 5.59. The molecule has 1 aliphatic carbocycles. The van der Waals surface area contributed by atoms with Crippen LogP contribution in [0, 0.1) is 5.92 Å². The second kappa shape index (κ2) is 9.58. The van der Waals surface area contributed by atoms with E-state index in [1.165, 1.54) is 6.08 Å². The van der Waals surface area contributed by atoms with Gasteiger partial charge in [0.15, 0.2) is 6.61 Å². The Kier molecular flexibility index (Phi) is 6.90. The molecule has 7 heteroatoms. The molecule has 1 unspecified atom stereocenters. The summed E-state index contributed by atoms with van der Waals surface area (Å²) in [6.07, 6.45) is 8.42. The highest BCUT2D eigenvalue weighted by Gasteiger charge is 2.23. The number of rotatable bonds is 6. The van der Waals surface area contributed by atoms with Crippen LogP contribution in [0.15, 0.2) is 18.2 Å². The molecule has 1 heterocycles. The Morgan fingerprint density at radius 2 is 1.97 bits per heavy atom. The first-order valence-electron chi connectivity index (χ1n) is 10.0. The summed E-state index contributed by atoms with van der Waals surface area (Å²) in [4.78, 5) is 35.9. The number of methoxy groups -OCH3 is 1. The molecule has 1 aliphatic heterocycles. The van der Waals surface area contributed by atoms with Gasteiger partial charge in [-0.05, 0) is 38.0 Å². The fourth-order valence-corrected chi connectivity index (χ4v) is 3.75. The Bertz CT molecular complexity index is 810. The third-order valence-electron chi connectivity index (χ3n) is 5.23. The summed E-state index contributed by atoms with van der Waals surface area (Å²) in [7, 11) is 1.56. The Labute approximate surface area is 170 Å². The van der Waals surface area contributed by atoms with E-state index in [-0.39, 0.29) is 17.9 Å². The van der Waals surface area contributed by atoms with E-state index in [9.17, 15) is 14.4 Å². The SMILES string of the molecule is COc1cc2c(cc1/C=C/C(=O)OCC(=O)NC(=O)C1CCCCC1)OC(C)C2. The van der Waals surface area contributed by atoms with E-state index in [1.807, 2.05) is 19.1 Å². The Morgan fingerprint density at radius 1 is 1.21 bits per heavy atom.